The van der Waals surface area contributed by atoms with Crippen molar-refractivity contribution in [1.29, 1.82) is 0 Å². The average molecular weight is 297 g/mol. The summed E-state index contributed by atoms with van der Waals surface area (Å²) in [7, 11) is 0. The van der Waals surface area contributed by atoms with Gasteiger partial charge in [0, 0.05) is 11.5 Å². The molecule has 0 radical (unpaired) electrons. The molecule has 1 aliphatic heterocycles. The van der Waals surface area contributed by atoms with E-state index >= 15 is 0 Å². The number of rotatable bonds is 4. The highest BCUT2D eigenvalue weighted by molar-refractivity contribution is 7.16. The summed E-state index contributed by atoms with van der Waals surface area (Å²) < 4.78 is 10.4. The van der Waals surface area contributed by atoms with Crippen molar-refractivity contribution >= 4 is 28.2 Å². The Hall–Kier alpha value is -1.40. The van der Waals surface area contributed by atoms with Crippen molar-refractivity contribution in [2.45, 2.75) is 33.3 Å². The Morgan fingerprint density at radius 3 is 2.90 bits per heavy atom. The number of amides is 1. The number of aryl methyl sites for hydroxylation is 1. The summed E-state index contributed by atoms with van der Waals surface area (Å²) in [6.07, 6.45) is 0.633. The van der Waals surface area contributed by atoms with Gasteiger partial charge >= 0.3 is 5.97 Å². The van der Waals surface area contributed by atoms with E-state index in [0.717, 1.165) is 4.88 Å². The maximum absolute atomic E-state index is 12.2. The minimum absolute atomic E-state index is 0.0814. The van der Waals surface area contributed by atoms with Crippen LogP contribution in [0.5, 0.6) is 0 Å². The van der Waals surface area contributed by atoms with Gasteiger partial charge in [0.15, 0.2) is 0 Å². The third kappa shape index (κ3) is 3.19. The van der Waals surface area contributed by atoms with Crippen molar-refractivity contribution in [1.82, 2.24) is 0 Å². The Kier molecular flexibility index (Phi) is 4.77. The summed E-state index contributed by atoms with van der Waals surface area (Å²) in [5.74, 6) is -0.655. The van der Waals surface area contributed by atoms with Gasteiger partial charge in [-0.3, -0.25) is 4.79 Å². The van der Waals surface area contributed by atoms with E-state index < -0.39 is 5.97 Å². The van der Waals surface area contributed by atoms with Crippen LogP contribution in [0.2, 0.25) is 0 Å². The molecule has 0 aromatic carbocycles. The molecule has 1 aromatic rings. The first-order chi connectivity index (χ1) is 9.52. The number of thiophene rings is 1. The third-order valence-electron chi connectivity index (χ3n) is 3.30. The summed E-state index contributed by atoms with van der Waals surface area (Å²) in [5, 5.41) is 3.40. The smallest absolute Gasteiger partial charge is 0.341 e. The fourth-order valence-corrected chi connectivity index (χ4v) is 3.15. The second-order valence-electron chi connectivity index (χ2n) is 4.78. The van der Waals surface area contributed by atoms with Crippen LogP contribution in [0.4, 0.5) is 5.00 Å². The molecule has 1 aliphatic rings. The van der Waals surface area contributed by atoms with E-state index in [0.29, 0.717) is 30.2 Å². The lowest BCUT2D eigenvalue weighted by molar-refractivity contribution is -0.121. The molecule has 0 saturated carbocycles. The first-order valence-electron chi connectivity index (χ1n) is 6.73. The van der Waals surface area contributed by atoms with Gasteiger partial charge in [0.1, 0.15) is 5.00 Å². The summed E-state index contributed by atoms with van der Waals surface area (Å²) in [6, 6.07) is 1.74. The molecule has 6 heteroatoms. The zero-order chi connectivity index (χ0) is 14.7. The zero-order valence-corrected chi connectivity index (χ0v) is 12.7. The molecule has 5 nitrogen and oxygen atoms in total. The van der Waals surface area contributed by atoms with Crippen LogP contribution in [0, 0.1) is 12.8 Å². The number of carbonyl (C=O) groups is 2. The summed E-state index contributed by atoms with van der Waals surface area (Å²) in [5.41, 5.74) is 0.425. The van der Waals surface area contributed by atoms with E-state index in [1.165, 1.54) is 11.3 Å². The molecule has 2 rings (SSSR count). The highest BCUT2D eigenvalue weighted by atomic mass is 32.1. The van der Waals surface area contributed by atoms with Crippen LogP contribution in [0.25, 0.3) is 0 Å². The summed E-state index contributed by atoms with van der Waals surface area (Å²) >= 11 is 1.38. The molecule has 1 aromatic heterocycles. The molecule has 2 unspecified atom stereocenters. The number of ether oxygens (including phenoxy) is 2. The molecule has 110 valence electrons. The van der Waals surface area contributed by atoms with E-state index in [-0.39, 0.29) is 17.9 Å². The Labute approximate surface area is 122 Å². The van der Waals surface area contributed by atoms with Gasteiger partial charge in [-0.15, -0.1) is 11.3 Å². The highest BCUT2D eigenvalue weighted by Crippen LogP contribution is 2.30. The monoisotopic (exact) mass is 297 g/mol. The third-order valence-corrected chi connectivity index (χ3v) is 4.27. The fraction of sp³-hybridized carbons (Fsp3) is 0.571. The number of nitrogens with one attached hydrogen (secondary N) is 1. The van der Waals surface area contributed by atoms with Gasteiger partial charge in [-0.25, -0.2) is 4.79 Å². The van der Waals surface area contributed by atoms with Crippen molar-refractivity contribution in [3.05, 3.63) is 16.5 Å². The van der Waals surface area contributed by atoms with Crippen LogP contribution in [-0.2, 0) is 14.3 Å². The molecule has 1 N–H and O–H groups in total. The lowest BCUT2D eigenvalue weighted by Crippen LogP contribution is -2.28. The Morgan fingerprint density at radius 2 is 2.30 bits per heavy atom. The predicted molar refractivity (Wildman–Crippen MR) is 77.2 cm³/mol. The second kappa shape index (κ2) is 6.37. The minimum atomic E-state index is -0.400. The van der Waals surface area contributed by atoms with E-state index in [2.05, 4.69) is 5.32 Å². The van der Waals surface area contributed by atoms with Crippen molar-refractivity contribution < 1.29 is 19.1 Å². The predicted octanol–water partition coefficient (Wildman–Crippen LogP) is 2.60. The van der Waals surface area contributed by atoms with Crippen LogP contribution < -0.4 is 5.32 Å². The van der Waals surface area contributed by atoms with Crippen LogP contribution in [0.3, 0.4) is 0 Å². The van der Waals surface area contributed by atoms with Crippen molar-refractivity contribution in [2.24, 2.45) is 5.92 Å². The standard InChI is InChI=1S/C14H19NO4S/c1-4-18-14(17)11-7-8(2)20-13(11)15-12(16)10-5-6-19-9(10)3/h7,9-10H,4-6H2,1-3H3,(H,15,16). The highest BCUT2D eigenvalue weighted by Gasteiger charge is 2.31. The normalized spacial score (nSPS) is 21.8. The number of hydrogen-bond acceptors (Lipinski definition) is 5. The van der Waals surface area contributed by atoms with Gasteiger partial charge in [-0.05, 0) is 33.3 Å². The maximum atomic E-state index is 12.2. The molecule has 1 fully saturated rings. The topological polar surface area (TPSA) is 64.6 Å². The van der Waals surface area contributed by atoms with Gasteiger partial charge in [-0.2, -0.15) is 0 Å². The van der Waals surface area contributed by atoms with Crippen LogP contribution in [0.15, 0.2) is 6.07 Å². The zero-order valence-electron chi connectivity index (χ0n) is 11.9. The first-order valence-corrected chi connectivity index (χ1v) is 7.54. The Morgan fingerprint density at radius 1 is 1.55 bits per heavy atom. The molecule has 0 aliphatic carbocycles. The second-order valence-corrected chi connectivity index (χ2v) is 6.04. The van der Waals surface area contributed by atoms with Gasteiger partial charge in [0.2, 0.25) is 5.91 Å². The van der Waals surface area contributed by atoms with E-state index in [1.807, 2.05) is 13.8 Å². The van der Waals surface area contributed by atoms with E-state index in [4.69, 9.17) is 9.47 Å². The van der Waals surface area contributed by atoms with Crippen LogP contribution in [-0.4, -0.2) is 31.2 Å². The fourth-order valence-electron chi connectivity index (χ4n) is 2.25. The molecule has 0 spiro atoms. The van der Waals surface area contributed by atoms with Crippen molar-refractivity contribution in [2.75, 3.05) is 18.5 Å². The largest absolute Gasteiger partial charge is 0.462 e. The lowest BCUT2D eigenvalue weighted by atomic mass is 10.0. The Balaban J connectivity index is 2.12. The van der Waals surface area contributed by atoms with Crippen molar-refractivity contribution in [3.8, 4) is 0 Å². The molecule has 2 atom stereocenters. The lowest BCUT2D eigenvalue weighted by Gasteiger charge is -2.13. The van der Waals surface area contributed by atoms with E-state index in [1.54, 1.807) is 13.0 Å². The number of anilines is 1. The number of hydrogen-bond donors (Lipinski definition) is 1. The number of esters is 1. The number of carbonyl (C=O) groups excluding carboxylic acids is 2. The van der Waals surface area contributed by atoms with Crippen LogP contribution >= 0.6 is 11.3 Å². The minimum Gasteiger partial charge on any atom is -0.462 e. The van der Waals surface area contributed by atoms with E-state index in [9.17, 15) is 9.59 Å². The summed E-state index contributed by atoms with van der Waals surface area (Å²) in [4.78, 5) is 25.0. The van der Waals surface area contributed by atoms with Gasteiger partial charge in [-0.1, -0.05) is 0 Å². The van der Waals surface area contributed by atoms with Gasteiger partial charge in [0.25, 0.3) is 0 Å². The molecular formula is C14H19NO4S. The molecular weight excluding hydrogens is 278 g/mol. The Bertz CT molecular complexity index is 511. The molecule has 1 amide bonds. The van der Waals surface area contributed by atoms with Gasteiger partial charge < -0.3 is 14.8 Å². The SMILES string of the molecule is CCOC(=O)c1cc(C)sc1NC(=O)C1CCOC1C. The van der Waals surface area contributed by atoms with Crippen molar-refractivity contribution in [3.63, 3.8) is 0 Å². The summed E-state index contributed by atoms with van der Waals surface area (Å²) in [6.45, 7) is 6.46. The molecule has 0 bridgehead atoms. The average Bonchev–Trinajstić information content (AvgIpc) is 2.96. The quantitative estimate of drug-likeness (QED) is 0.868. The first kappa shape index (κ1) is 15.0. The maximum Gasteiger partial charge on any atom is 0.341 e. The van der Waals surface area contributed by atoms with Crippen LogP contribution in [0.1, 0.15) is 35.5 Å². The van der Waals surface area contributed by atoms with Gasteiger partial charge in [0.05, 0.1) is 24.2 Å². The molecule has 20 heavy (non-hydrogen) atoms. The molecule has 1 saturated heterocycles. The molecule has 2 heterocycles.